The molecular weight excluding hydrogens is 507 g/mol. The van der Waals surface area contributed by atoms with Crippen LogP contribution in [0, 0.1) is 23.4 Å². The van der Waals surface area contributed by atoms with E-state index in [1.807, 2.05) is 19.0 Å². The number of hydrogen-bond acceptors (Lipinski definition) is 6. The molecule has 1 aromatic heterocycles. The zero-order chi connectivity index (χ0) is 28.1. The molecule has 0 radical (unpaired) electrons. The minimum Gasteiger partial charge on any atom is -0.497 e. The Bertz CT molecular complexity index is 1280. The molecule has 3 aromatic rings. The first kappa shape index (κ1) is 29.1. The molecule has 9 heteroatoms. The molecule has 1 aliphatic rings. The van der Waals surface area contributed by atoms with E-state index in [0.29, 0.717) is 40.7 Å². The van der Waals surface area contributed by atoms with Gasteiger partial charge in [0.15, 0.2) is 11.6 Å². The third-order valence-electron chi connectivity index (χ3n) is 7.78. The van der Waals surface area contributed by atoms with Gasteiger partial charge < -0.3 is 25.2 Å². The SMILES string of the molecule is COc1ccc2ncc(N(C)C)c([C@H](O)CCc3c(F)cc(CCC[C@H](O)C4CCNCC4)c(F)c3F)c2c1. The van der Waals surface area contributed by atoms with Crippen molar-refractivity contribution in [3.63, 3.8) is 0 Å². The molecule has 3 N–H and O–H groups in total. The number of anilines is 1. The number of nitrogens with one attached hydrogen (secondary N) is 1. The van der Waals surface area contributed by atoms with Gasteiger partial charge in [0.1, 0.15) is 11.6 Å². The molecular formula is C30H38F3N3O3. The third-order valence-corrected chi connectivity index (χ3v) is 7.78. The molecule has 0 bridgehead atoms. The second-order valence-electron chi connectivity index (χ2n) is 10.6. The zero-order valence-electron chi connectivity index (χ0n) is 22.8. The largest absolute Gasteiger partial charge is 0.497 e. The van der Waals surface area contributed by atoms with Crippen molar-refractivity contribution < 1.29 is 28.1 Å². The summed E-state index contributed by atoms with van der Waals surface area (Å²) in [4.78, 5) is 6.26. The van der Waals surface area contributed by atoms with Crippen LogP contribution >= 0.6 is 0 Å². The predicted octanol–water partition coefficient (Wildman–Crippen LogP) is 5.08. The monoisotopic (exact) mass is 545 g/mol. The summed E-state index contributed by atoms with van der Waals surface area (Å²) in [5, 5.41) is 25.5. The second-order valence-corrected chi connectivity index (χ2v) is 10.6. The second kappa shape index (κ2) is 13.0. The Balaban J connectivity index is 1.48. The van der Waals surface area contributed by atoms with E-state index in [1.54, 1.807) is 31.5 Å². The summed E-state index contributed by atoms with van der Waals surface area (Å²) in [5.74, 6) is -2.32. The molecule has 2 aromatic carbocycles. The van der Waals surface area contributed by atoms with Crippen molar-refractivity contribution in [2.24, 2.45) is 5.92 Å². The van der Waals surface area contributed by atoms with Crippen molar-refractivity contribution in [3.05, 3.63) is 64.6 Å². The Hall–Kier alpha value is -2.88. The molecule has 2 atom stereocenters. The van der Waals surface area contributed by atoms with Crippen molar-refractivity contribution in [1.82, 2.24) is 10.3 Å². The number of ether oxygens (including phenoxy) is 1. The van der Waals surface area contributed by atoms with E-state index < -0.39 is 29.7 Å². The van der Waals surface area contributed by atoms with Gasteiger partial charge in [-0.15, -0.1) is 0 Å². The fourth-order valence-corrected chi connectivity index (χ4v) is 5.50. The highest BCUT2D eigenvalue weighted by atomic mass is 19.2. The fraction of sp³-hybridized carbons (Fsp3) is 0.500. The van der Waals surface area contributed by atoms with Crippen molar-refractivity contribution >= 4 is 16.6 Å². The van der Waals surface area contributed by atoms with Crippen molar-refractivity contribution in [3.8, 4) is 5.75 Å². The summed E-state index contributed by atoms with van der Waals surface area (Å²) < 4.78 is 50.3. The number of methoxy groups -OCH3 is 1. The van der Waals surface area contributed by atoms with Gasteiger partial charge in [-0.05, 0) is 93.8 Å². The molecule has 1 saturated heterocycles. The van der Waals surface area contributed by atoms with Crippen LogP contribution in [-0.4, -0.2) is 55.6 Å². The number of piperidine rings is 1. The summed E-state index contributed by atoms with van der Waals surface area (Å²) in [6, 6.07) is 6.37. The van der Waals surface area contributed by atoms with Gasteiger partial charge >= 0.3 is 0 Å². The first-order valence-electron chi connectivity index (χ1n) is 13.6. The number of aryl methyl sites for hydroxylation is 1. The minimum absolute atomic E-state index is 0.0216. The molecule has 0 aliphatic carbocycles. The number of fused-ring (bicyclic) bond motifs is 1. The molecule has 0 unspecified atom stereocenters. The zero-order valence-corrected chi connectivity index (χ0v) is 22.8. The highest BCUT2D eigenvalue weighted by Crippen LogP contribution is 2.36. The Labute approximate surface area is 227 Å². The van der Waals surface area contributed by atoms with Crippen molar-refractivity contribution in [2.45, 2.75) is 57.2 Å². The van der Waals surface area contributed by atoms with E-state index in [9.17, 15) is 14.6 Å². The number of pyridine rings is 1. The van der Waals surface area contributed by atoms with Crippen LogP contribution in [0.3, 0.4) is 0 Å². The topological polar surface area (TPSA) is 77.9 Å². The third kappa shape index (κ3) is 6.65. The van der Waals surface area contributed by atoms with Crippen LogP contribution in [0.25, 0.3) is 10.9 Å². The maximum Gasteiger partial charge on any atom is 0.165 e. The van der Waals surface area contributed by atoms with Crippen LogP contribution in [0.4, 0.5) is 18.9 Å². The number of nitrogens with zero attached hydrogens (tertiary/aromatic N) is 2. The van der Waals surface area contributed by atoms with E-state index in [0.717, 1.165) is 32.0 Å². The molecule has 1 aliphatic heterocycles. The van der Waals surface area contributed by atoms with Gasteiger partial charge in [-0.3, -0.25) is 4.98 Å². The number of hydrogen-bond donors (Lipinski definition) is 3. The van der Waals surface area contributed by atoms with E-state index in [2.05, 4.69) is 10.3 Å². The lowest BCUT2D eigenvalue weighted by atomic mass is 9.89. The predicted molar refractivity (Wildman–Crippen MR) is 147 cm³/mol. The first-order valence-corrected chi connectivity index (χ1v) is 13.6. The molecule has 2 heterocycles. The van der Waals surface area contributed by atoms with Crippen LogP contribution in [-0.2, 0) is 12.8 Å². The Morgan fingerprint density at radius 1 is 1.05 bits per heavy atom. The number of aliphatic hydroxyl groups is 2. The summed E-state index contributed by atoms with van der Waals surface area (Å²) in [5.41, 5.74) is 1.46. The lowest BCUT2D eigenvalue weighted by Gasteiger charge is -2.27. The van der Waals surface area contributed by atoms with E-state index in [-0.39, 0.29) is 36.3 Å². The van der Waals surface area contributed by atoms with Crippen LogP contribution in [0.1, 0.15) is 54.9 Å². The summed E-state index contributed by atoms with van der Waals surface area (Å²) in [6.45, 7) is 1.73. The van der Waals surface area contributed by atoms with Gasteiger partial charge in [-0.1, -0.05) is 0 Å². The summed E-state index contributed by atoms with van der Waals surface area (Å²) in [7, 11) is 5.18. The summed E-state index contributed by atoms with van der Waals surface area (Å²) >= 11 is 0. The number of rotatable bonds is 11. The molecule has 0 saturated carbocycles. The first-order chi connectivity index (χ1) is 18.7. The molecule has 6 nitrogen and oxygen atoms in total. The number of aliphatic hydroxyl groups excluding tert-OH is 2. The number of aromatic nitrogens is 1. The maximum atomic E-state index is 15.0. The average molecular weight is 546 g/mol. The van der Waals surface area contributed by atoms with Gasteiger partial charge in [0.25, 0.3) is 0 Å². The van der Waals surface area contributed by atoms with Crippen LogP contribution in [0.2, 0.25) is 0 Å². The lowest BCUT2D eigenvalue weighted by molar-refractivity contribution is 0.0792. The van der Waals surface area contributed by atoms with E-state index in [4.69, 9.17) is 4.74 Å². The smallest absolute Gasteiger partial charge is 0.165 e. The molecule has 1 fully saturated rings. The highest BCUT2D eigenvalue weighted by molar-refractivity contribution is 5.88. The quantitative estimate of drug-likeness (QED) is 0.292. The van der Waals surface area contributed by atoms with E-state index >= 15 is 8.78 Å². The number of halogens is 3. The Morgan fingerprint density at radius 2 is 1.79 bits per heavy atom. The highest BCUT2D eigenvalue weighted by Gasteiger charge is 2.24. The molecule has 0 spiro atoms. The maximum absolute atomic E-state index is 15.0. The standard InChI is InChI=1S/C30H38F3N3O3/c1-36(2)25-17-35-24-9-7-20(39-3)16-22(24)28(25)27(38)10-8-21-23(31)15-19(29(32)30(21)33)5-4-6-26(37)18-11-13-34-14-12-18/h7,9,15-18,26-27,34,37-38H,4-6,8,10-14H2,1-3H3/t26-,27+/m0/s1. The Kier molecular flexibility index (Phi) is 9.69. The van der Waals surface area contributed by atoms with Gasteiger partial charge in [0, 0.05) is 30.6 Å². The average Bonchev–Trinajstić information content (AvgIpc) is 2.94. The van der Waals surface area contributed by atoms with Gasteiger partial charge in [0.05, 0.1) is 36.7 Å². The molecule has 0 amide bonds. The normalized spacial score (nSPS) is 15.9. The lowest BCUT2D eigenvalue weighted by Crippen LogP contribution is -2.34. The van der Waals surface area contributed by atoms with Gasteiger partial charge in [-0.25, -0.2) is 13.2 Å². The van der Waals surface area contributed by atoms with E-state index in [1.165, 1.54) is 0 Å². The molecule has 212 valence electrons. The van der Waals surface area contributed by atoms with Gasteiger partial charge in [-0.2, -0.15) is 0 Å². The van der Waals surface area contributed by atoms with Crippen molar-refractivity contribution in [2.75, 3.05) is 39.2 Å². The molecule has 39 heavy (non-hydrogen) atoms. The summed E-state index contributed by atoms with van der Waals surface area (Å²) in [6.07, 6.45) is 2.66. The molecule has 4 rings (SSSR count). The van der Waals surface area contributed by atoms with Crippen LogP contribution in [0.15, 0.2) is 30.5 Å². The van der Waals surface area contributed by atoms with Crippen LogP contribution < -0.4 is 15.0 Å². The van der Waals surface area contributed by atoms with Gasteiger partial charge in [0.2, 0.25) is 0 Å². The van der Waals surface area contributed by atoms with Crippen molar-refractivity contribution in [1.29, 1.82) is 0 Å². The Morgan fingerprint density at radius 3 is 2.49 bits per heavy atom. The minimum atomic E-state index is -1.22. The van der Waals surface area contributed by atoms with Crippen LogP contribution in [0.5, 0.6) is 5.75 Å². The fourth-order valence-electron chi connectivity index (χ4n) is 5.50. The number of benzene rings is 2.